The maximum Gasteiger partial charge on any atom is 0.416 e. The molecule has 0 amide bonds. The monoisotopic (exact) mass is 272 g/mol. The number of hydrogen-bond donors (Lipinski definition) is 1. The van der Waals surface area contributed by atoms with Crippen LogP contribution in [0.2, 0.25) is 5.02 Å². The Morgan fingerprint density at radius 3 is 1.94 bits per heavy atom. The van der Waals surface area contributed by atoms with Gasteiger partial charge in [0.25, 0.3) is 0 Å². The second-order valence-electron chi connectivity index (χ2n) is 3.74. The topological polar surface area (TPSA) is 20.2 Å². The third-order valence-corrected chi connectivity index (χ3v) is 2.80. The van der Waals surface area contributed by atoms with Crippen molar-refractivity contribution in [3.8, 4) is 16.9 Å². The second-order valence-corrected chi connectivity index (χ2v) is 4.15. The minimum absolute atomic E-state index is 0.0627. The molecule has 0 aliphatic rings. The molecule has 0 aliphatic carbocycles. The number of alkyl halides is 3. The standard InChI is InChI=1S/C13H8ClF3O/c14-11-7-9(3-6-12(11)18)8-1-4-10(5-2-8)13(15,16)17/h1-7,18H. The molecule has 0 aromatic heterocycles. The molecular weight excluding hydrogens is 265 g/mol. The normalized spacial score (nSPS) is 11.6. The molecule has 5 heteroatoms. The minimum Gasteiger partial charge on any atom is -0.506 e. The van der Waals surface area contributed by atoms with E-state index in [4.69, 9.17) is 11.6 Å². The van der Waals surface area contributed by atoms with Gasteiger partial charge in [0.15, 0.2) is 0 Å². The van der Waals surface area contributed by atoms with Gasteiger partial charge in [0.1, 0.15) is 5.75 Å². The van der Waals surface area contributed by atoms with E-state index in [1.807, 2.05) is 0 Å². The van der Waals surface area contributed by atoms with Crippen LogP contribution in [0.25, 0.3) is 11.1 Å². The van der Waals surface area contributed by atoms with Crippen LogP contribution in [0.5, 0.6) is 5.75 Å². The molecule has 0 spiro atoms. The van der Waals surface area contributed by atoms with E-state index < -0.39 is 11.7 Å². The van der Waals surface area contributed by atoms with E-state index in [2.05, 4.69) is 0 Å². The Hall–Kier alpha value is -1.68. The molecule has 0 unspecified atom stereocenters. The highest BCUT2D eigenvalue weighted by atomic mass is 35.5. The summed E-state index contributed by atoms with van der Waals surface area (Å²) in [4.78, 5) is 0. The number of phenols is 1. The van der Waals surface area contributed by atoms with E-state index in [1.54, 1.807) is 6.07 Å². The van der Waals surface area contributed by atoms with Crippen LogP contribution in [-0.2, 0) is 6.18 Å². The van der Waals surface area contributed by atoms with Gasteiger partial charge in [-0.05, 0) is 35.4 Å². The minimum atomic E-state index is -4.34. The quantitative estimate of drug-likeness (QED) is 0.795. The van der Waals surface area contributed by atoms with Crippen LogP contribution in [0.4, 0.5) is 13.2 Å². The molecule has 0 fully saturated rings. The van der Waals surface area contributed by atoms with Crippen molar-refractivity contribution in [1.82, 2.24) is 0 Å². The highest BCUT2D eigenvalue weighted by Crippen LogP contribution is 2.33. The smallest absolute Gasteiger partial charge is 0.416 e. The number of halogens is 4. The predicted octanol–water partition coefficient (Wildman–Crippen LogP) is 4.73. The van der Waals surface area contributed by atoms with E-state index in [9.17, 15) is 18.3 Å². The molecule has 1 N–H and O–H groups in total. The zero-order chi connectivity index (χ0) is 13.3. The summed E-state index contributed by atoms with van der Waals surface area (Å²) in [5.74, 6) is -0.0627. The van der Waals surface area contributed by atoms with E-state index in [1.165, 1.54) is 24.3 Å². The fourth-order valence-corrected chi connectivity index (χ4v) is 1.72. The van der Waals surface area contributed by atoms with Gasteiger partial charge in [-0.1, -0.05) is 29.8 Å². The van der Waals surface area contributed by atoms with Crippen LogP contribution in [0.3, 0.4) is 0 Å². The lowest BCUT2D eigenvalue weighted by Crippen LogP contribution is -2.03. The third-order valence-electron chi connectivity index (χ3n) is 2.49. The number of rotatable bonds is 1. The van der Waals surface area contributed by atoms with Crippen LogP contribution in [0.1, 0.15) is 5.56 Å². The first-order chi connectivity index (χ1) is 8.38. The van der Waals surface area contributed by atoms with Crippen molar-refractivity contribution in [1.29, 1.82) is 0 Å². The maximum absolute atomic E-state index is 12.4. The molecule has 18 heavy (non-hydrogen) atoms. The summed E-state index contributed by atoms with van der Waals surface area (Å²) < 4.78 is 37.2. The van der Waals surface area contributed by atoms with Crippen molar-refractivity contribution in [3.05, 3.63) is 53.1 Å². The van der Waals surface area contributed by atoms with Gasteiger partial charge >= 0.3 is 6.18 Å². The SMILES string of the molecule is Oc1ccc(-c2ccc(C(F)(F)F)cc2)cc1Cl. The molecule has 0 radical (unpaired) electrons. The molecule has 1 nitrogen and oxygen atoms in total. The first kappa shape index (κ1) is 12.8. The summed E-state index contributed by atoms with van der Waals surface area (Å²) in [7, 11) is 0. The Morgan fingerprint density at radius 2 is 1.44 bits per heavy atom. The summed E-state index contributed by atoms with van der Waals surface area (Å²) >= 11 is 5.74. The average molecular weight is 273 g/mol. The molecule has 0 aliphatic heterocycles. The van der Waals surface area contributed by atoms with Crippen molar-refractivity contribution in [3.63, 3.8) is 0 Å². The summed E-state index contributed by atoms with van der Waals surface area (Å²) in [5, 5.41) is 9.42. The van der Waals surface area contributed by atoms with Crippen LogP contribution < -0.4 is 0 Å². The van der Waals surface area contributed by atoms with Gasteiger partial charge in [0.2, 0.25) is 0 Å². The Kier molecular flexibility index (Phi) is 3.22. The second kappa shape index (κ2) is 4.53. The first-order valence-corrected chi connectivity index (χ1v) is 5.42. The molecule has 94 valence electrons. The van der Waals surface area contributed by atoms with Gasteiger partial charge in [-0.3, -0.25) is 0 Å². The summed E-state index contributed by atoms with van der Waals surface area (Å²) in [6.07, 6.45) is -4.34. The Morgan fingerprint density at radius 1 is 0.889 bits per heavy atom. The molecule has 0 bridgehead atoms. The Balaban J connectivity index is 2.37. The largest absolute Gasteiger partial charge is 0.506 e. The number of benzene rings is 2. The molecule has 2 rings (SSSR count). The highest BCUT2D eigenvalue weighted by molar-refractivity contribution is 6.32. The summed E-state index contributed by atoms with van der Waals surface area (Å²) in [6, 6.07) is 9.24. The van der Waals surface area contributed by atoms with Crippen molar-refractivity contribution < 1.29 is 18.3 Å². The van der Waals surface area contributed by atoms with E-state index >= 15 is 0 Å². The summed E-state index contributed by atoms with van der Waals surface area (Å²) in [6.45, 7) is 0. The van der Waals surface area contributed by atoms with Crippen LogP contribution in [-0.4, -0.2) is 5.11 Å². The van der Waals surface area contributed by atoms with E-state index in [0.717, 1.165) is 12.1 Å². The molecule has 0 saturated heterocycles. The molecule has 2 aromatic rings. The third kappa shape index (κ3) is 2.59. The molecular formula is C13H8ClF3O. The van der Waals surface area contributed by atoms with Crippen LogP contribution in [0.15, 0.2) is 42.5 Å². The fourth-order valence-electron chi connectivity index (χ4n) is 1.54. The van der Waals surface area contributed by atoms with Crippen LogP contribution >= 0.6 is 11.6 Å². The van der Waals surface area contributed by atoms with Gasteiger partial charge in [-0.15, -0.1) is 0 Å². The zero-order valence-electron chi connectivity index (χ0n) is 9.00. The van der Waals surface area contributed by atoms with Crippen molar-refractivity contribution in [2.75, 3.05) is 0 Å². The van der Waals surface area contributed by atoms with Gasteiger partial charge in [0.05, 0.1) is 10.6 Å². The van der Waals surface area contributed by atoms with Gasteiger partial charge in [-0.25, -0.2) is 0 Å². The van der Waals surface area contributed by atoms with Gasteiger partial charge < -0.3 is 5.11 Å². The summed E-state index contributed by atoms with van der Waals surface area (Å²) in [5.41, 5.74) is 0.549. The molecule has 0 saturated carbocycles. The lowest BCUT2D eigenvalue weighted by atomic mass is 10.0. The number of phenolic OH excluding ortho intramolecular Hbond substituents is 1. The van der Waals surface area contributed by atoms with Crippen LogP contribution in [0, 0.1) is 0 Å². The maximum atomic E-state index is 12.4. The highest BCUT2D eigenvalue weighted by Gasteiger charge is 2.29. The lowest BCUT2D eigenvalue weighted by Gasteiger charge is -2.08. The zero-order valence-corrected chi connectivity index (χ0v) is 9.76. The lowest BCUT2D eigenvalue weighted by molar-refractivity contribution is -0.137. The van der Waals surface area contributed by atoms with E-state index in [-0.39, 0.29) is 10.8 Å². The van der Waals surface area contributed by atoms with Crippen molar-refractivity contribution >= 4 is 11.6 Å². The Bertz CT molecular complexity index is 561. The van der Waals surface area contributed by atoms with Gasteiger partial charge in [-0.2, -0.15) is 13.2 Å². The molecule has 0 heterocycles. The first-order valence-electron chi connectivity index (χ1n) is 5.04. The van der Waals surface area contributed by atoms with E-state index in [0.29, 0.717) is 11.1 Å². The molecule has 2 aromatic carbocycles. The Labute approximate surface area is 106 Å². The number of hydrogen-bond acceptors (Lipinski definition) is 1. The average Bonchev–Trinajstić information content (AvgIpc) is 2.32. The van der Waals surface area contributed by atoms with Crippen molar-refractivity contribution in [2.45, 2.75) is 6.18 Å². The van der Waals surface area contributed by atoms with Crippen molar-refractivity contribution in [2.24, 2.45) is 0 Å². The number of aromatic hydroxyl groups is 1. The fraction of sp³-hybridized carbons (Fsp3) is 0.0769. The van der Waals surface area contributed by atoms with Gasteiger partial charge in [0, 0.05) is 0 Å². The molecule has 0 atom stereocenters. The predicted molar refractivity (Wildman–Crippen MR) is 63.6 cm³/mol.